The number of benzene rings is 2. The normalized spacial score (nSPS) is 10.8. The Hall–Kier alpha value is -2.85. The largest absolute Gasteiger partial charge is 0.326 e. The van der Waals surface area contributed by atoms with Gasteiger partial charge in [0.25, 0.3) is 0 Å². The fraction of sp³-hybridized carbons (Fsp3) is 0.263. The van der Waals surface area contributed by atoms with Crippen LogP contribution in [-0.4, -0.2) is 27.1 Å². The number of anilines is 2. The molecule has 0 radical (unpaired) electrons. The number of amides is 1. The van der Waals surface area contributed by atoms with Gasteiger partial charge >= 0.3 is 0 Å². The molecule has 136 valence electrons. The minimum absolute atomic E-state index is 0.00281. The third kappa shape index (κ3) is 5.07. The monoisotopic (exact) mass is 371 g/mol. The van der Waals surface area contributed by atoms with Gasteiger partial charge in [-0.15, -0.1) is 0 Å². The topological polar surface area (TPSA) is 90.3 Å². The van der Waals surface area contributed by atoms with Crippen LogP contribution < -0.4 is 9.62 Å². The van der Waals surface area contributed by atoms with E-state index in [1.165, 1.54) is 4.31 Å². The van der Waals surface area contributed by atoms with Crippen LogP contribution in [0, 0.1) is 25.2 Å². The molecule has 0 saturated heterocycles. The van der Waals surface area contributed by atoms with Crippen molar-refractivity contribution in [1.29, 1.82) is 5.26 Å². The number of aryl methyl sites for hydroxylation is 2. The summed E-state index contributed by atoms with van der Waals surface area (Å²) in [6, 6.07) is 14.1. The molecule has 0 atom stereocenters. The lowest BCUT2D eigenvalue weighted by Gasteiger charge is -2.24. The average molecular weight is 371 g/mol. The minimum Gasteiger partial charge on any atom is -0.326 e. The van der Waals surface area contributed by atoms with Crippen LogP contribution in [-0.2, 0) is 14.8 Å². The zero-order valence-electron chi connectivity index (χ0n) is 15.0. The first kappa shape index (κ1) is 19.5. The molecular formula is C19H21N3O3S. The van der Waals surface area contributed by atoms with Gasteiger partial charge in [-0.3, -0.25) is 9.10 Å². The molecule has 0 unspecified atom stereocenters. The molecule has 0 aliphatic rings. The van der Waals surface area contributed by atoms with Crippen LogP contribution in [0.3, 0.4) is 0 Å². The maximum absolute atomic E-state index is 12.2. The van der Waals surface area contributed by atoms with Gasteiger partial charge in [0.15, 0.2) is 0 Å². The molecule has 2 rings (SSSR count). The number of sulfonamides is 1. The summed E-state index contributed by atoms with van der Waals surface area (Å²) in [5.74, 6) is -0.321. The van der Waals surface area contributed by atoms with Gasteiger partial charge in [-0.25, -0.2) is 8.42 Å². The van der Waals surface area contributed by atoms with Crippen LogP contribution >= 0.6 is 0 Å². The molecule has 0 aliphatic carbocycles. The van der Waals surface area contributed by atoms with Crippen LogP contribution in [0.5, 0.6) is 0 Å². The highest BCUT2D eigenvalue weighted by Crippen LogP contribution is 2.24. The summed E-state index contributed by atoms with van der Waals surface area (Å²) in [7, 11) is -3.52. The van der Waals surface area contributed by atoms with E-state index in [0.29, 0.717) is 16.9 Å². The summed E-state index contributed by atoms with van der Waals surface area (Å²) in [5.41, 5.74) is 3.38. The van der Waals surface area contributed by atoms with E-state index in [1.54, 1.807) is 30.3 Å². The lowest BCUT2D eigenvalue weighted by atomic mass is 10.1. The van der Waals surface area contributed by atoms with Crippen molar-refractivity contribution in [2.45, 2.75) is 20.3 Å². The van der Waals surface area contributed by atoms with Crippen LogP contribution in [0.2, 0.25) is 0 Å². The minimum atomic E-state index is -3.52. The SMILES string of the molecule is Cc1ccc(N(CCC(=O)Nc2cccc(C#N)c2)S(C)(=O)=O)c(C)c1. The van der Waals surface area contributed by atoms with Crippen molar-refractivity contribution in [3.8, 4) is 6.07 Å². The third-order valence-corrected chi connectivity index (χ3v) is 5.02. The van der Waals surface area contributed by atoms with Crippen molar-refractivity contribution in [3.05, 3.63) is 59.2 Å². The zero-order valence-corrected chi connectivity index (χ0v) is 15.8. The van der Waals surface area contributed by atoms with E-state index in [2.05, 4.69) is 5.32 Å². The van der Waals surface area contributed by atoms with E-state index in [-0.39, 0.29) is 18.9 Å². The molecule has 0 fully saturated rings. The smallest absolute Gasteiger partial charge is 0.232 e. The van der Waals surface area contributed by atoms with E-state index in [1.807, 2.05) is 32.0 Å². The second-order valence-corrected chi connectivity index (χ2v) is 8.02. The quantitative estimate of drug-likeness (QED) is 0.845. The predicted molar refractivity (Wildman–Crippen MR) is 103 cm³/mol. The molecule has 6 nitrogen and oxygen atoms in total. The fourth-order valence-electron chi connectivity index (χ4n) is 2.64. The lowest BCUT2D eigenvalue weighted by molar-refractivity contribution is -0.116. The highest BCUT2D eigenvalue weighted by Gasteiger charge is 2.20. The molecule has 0 aliphatic heterocycles. The van der Waals surface area contributed by atoms with Crippen LogP contribution in [0.1, 0.15) is 23.1 Å². The van der Waals surface area contributed by atoms with Gasteiger partial charge in [-0.05, 0) is 43.7 Å². The van der Waals surface area contributed by atoms with Gasteiger partial charge in [0.05, 0.1) is 23.6 Å². The number of carbonyl (C=O) groups excluding carboxylic acids is 1. The second kappa shape index (κ2) is 8.02. The molecule has 0 spiro atoms. The van der Waals surface area contributed by atoms with E-state index >= 15 is 0 Å². The maximum Gasteiger partial charge on any atom is 0.232 e. The van der Waals surface area contributed by atoms with Crippen molar-refractivity contribution in [3.63, 3.8) is 0 Å². The Morgan fingerprint density at radius 1 is 1.19 bits per heavy atom. The standard InChI is InChI=1S/C19H21N3O3S/c1-14-7-8-18(15(2)11-14)22(26(3,24)25)10-9-19(23)21-17-6-4-5-16(12-17)13-20/h4-8,11-12H,9-10H2,1-3H3,(H,21,23). The van der Waals surface area contributed by atoms with Crippen molar-refractivity contribution in [2.24, 2.45) is 0 Å². The molecule has 1 amide bonds. The maximum atomic E-state index is 12.2. The van der Waals surface area contributed by atoms with E-state index in [4.69, 9.17) is 5.26 Å². The number of nitrogens with zero attached hydrogens (tertiary/aromatic N) is 2. The Balaban J connectivity index is 2.12. The number of hydrogen-bond acceptors (Lipinski definition) is 4. The number of rotatable bonds is 6. The molecule has 7 heteroatoms. The van der Waals surface area contributed by atoms with Crippen LogP contribution in [0.25, 0.3) is 0 Å². The van der Waals surface area contributed by atoms with Crippen LogP contribution in [0.15, 0.2) is 42.5 Å². The Morgan fingerprint density at radius 3 is 2.54 bits per heavy atom. The van der Waals surface area contributed by atoms with Crippen molar-refractivity contribution >= 4 is 27.3 Å². The third-order valence-electron chi connectivity index (χ3n) is 3.84. The summed E-state index contributed by atoms with van der Waals surface area (Å²) < 4.78 is 25.6. The summed E-state index contributed by atoms with van der Waals surface area (Å²) in [5, 5.41) is 11.6. The number of nitrogens with one attached hydrogen (secondary N) is 1. The first-order chi connectivity index (χ1) is 12.2. The van der Waals surface area contributed by atoms with Gasteiger partial charge in [0, 0.05) is 18.7 Å². The van der Waals surface area contributed by atoms with E-state index < -0.39 is 10.0 Å². The molecule has 26 heavy (non-hydrogen) atoms. The molecule has 0 bridgehead atoms. The lowest BCUT2D eigenvalue weighted by Crippen LogP contribution is -2.33. The summed E-state index contributed by atoms with van der Waals surface area (Å²) in [6.07, 6.45) is 1.12. The molecule has 0 saturated carbocycles. The Kier molecular flexibility index (Phi) is 6.01. The van der Waals surface area contributed by atoms with Crippen LogP contribution in [0.4, 0.5) is 11.4 Å². The molecule has 0 heterocycles. The second-order valence-electron chi connectivity index (χ2n) is 6.12. The zero-order chi connectivity index (χ0) is 19.3. The molecular weight excluding hydrogens is 350 g/mol. The summed E-state index contributed by atoms with van der Waals surface area (Å²) >= 11 is 0. The molecule has 0 aromatic heterocycles. The number of carbonyl (C=O) groups is 1. The number of nitriles is 1. The van der Waals surface area contributed by atoms with Gasteiger partial charge < -0.3 is 5.32 Å². The molecule has 2 aromatic carbocycles. The fourth-order valence-corrected chi connectivity index (χ4v) is 3.63. The molecule has 1 N–H and O–H groups in total. The highest BCUT2D eigenvalue weighted by atomic mass is 32.2. The summed E-state index contributed by atoms with van der Waals surface area (Å²) in [6.45, 7) is 3.81. The van der Waals surface area contributed by atoms with Crippen molar-refractivity contribution in [2.75, 3.05) is 22.4 Å². The van der Waals surface area contributed by atoms with E-state index in [9.17, 15) is 13.2 Å². The van der Waals surface area contributed by atoms with Gasteiger partial charge in [-0.2, -0.15) is 5.26 Å². The van der Waals surface area contributed by atoms with Gasteiger partial charge in [0.1, 0.15) is 0 Å². The number of hydrogen-bond donors (Lipinski definition) is 1. The first-order valence-electron chi connectivity index (χ1n) is 8.05. The van der Waals surface area contributed by atoms with Crippen molar-refractivity contribution < 1.29 is 13.2 Å². The Morgan fingerprint density at radius 2 is 1.92 bits per heavy atom. The van der Waals surface area contributed by atoms with Gasteiger partial charge in [0.2, 0.25) is 15.9 Å². The average Bonchev–Trinajstić information content (AvgIpc) is 2.55. The van der Waals surface area contributed by atoms with Crippen molar-refractivity contribution in [1.82, 2.24) is 0 Å². The Bertz CT molecular complexity index is 962. The highest BCUT2D eigenvalue weighted by molar-refractivity contribution is 7.92. The van der Waals surface area contributed by atoms with E-state index in [0.717, 1.165) is 17.4 Å². The van der Waals surface area contributed by atoms with Gasteiger partial charge in [-0.1, -0.05) is 23.8 Å². The predicted octanol–water partition coefficient (Wildman–Crippen LogP) is 2.97. The Labute approximate surface area is 154 Å². The first-order valence-corrected chi connectivity index (χ1v) is 9.90. The summed E-state index contributed by atoms with van der Waals surface area (Å²) in [4.78, 5) is 12.2. The molecule has 2 aromatic rings.